The zero-order valence-electron chi connectivity index (χ0n) is 13.0. The van der Waals surface area contributed by atoms with Gasteiger partial charge in [0.05, 0.1) is 16.8 Å². The van der Waals surface area contributed by atoms with E-state index >= 15 is 0 Å². The Bertz CT molecular complexity index is 767. The third-order valence-corrected chi connectivity index (χ3v) is 4.44. The molecule has 2 aromatic rings. The quantitative estimate of drug-likeness (QED) is 0.643. The van der Waals surface area contributed by atoms with E-state index in [1.807, 2.05) is 12.3 Å². The highest BCUT2D eigenvalue weighted by molar-refractivity contribution is 7.13. The van der Waals surface area contributed by atoms with Crippen LogP contribution in [0.2, 0.25) is 0 Å². The molecule has 0 unspecified atom stereocenters. The van der Waals surface area contributed by atoms with Gasteiger partial charge in [-0.05, 0) is 25.5 Å². The molecule has 0 aliphatic carbocycles. The molecule has 4 amide bonds. The lowest BCUT2D eigenvalue weighted by molar-refractivity contribution is 0.0653. The molecule has 2 heterocycles. The molecule has 1 aliphatic heterocycles. The van der Waals surface area contributed by atoms with Crippen LogP contribution in [0.15, 0.2) is 29.6 Å². The van der Waals surface area contributed by atoms with Crippen molar-refractivity contribution in [3.8, 4) is 0 Å². The van der Waals surface area contributed by atoms with Crippen LogP contribution in [0.4, 0.5) is 9.93 Å². The summed E-state index contributed by atoms with van der Waals surface area (Å²) in [7, 11) is 0. The smallest absolute Gasteiger partial charge is 0.321 e. The van der Waals surface area contributed by atoms with E-state index < -0.39 is 0 Å². The summed E-state index contributed by atoms with van der Waals surface area (Å²) in [4.78, 5) is 41.4. The number of carbonyl (C=O) groups excluding carboxylic acids is 3. The minimum Gasteiger partial charge on any atom is -0.338 e. The van der Waals surface area contributed by atoms with Gasteiger partial charge >= 0.3 is 6.03 Å². The lowest BCUT2D eigenvalue weighted by Crippen LogP contribution is -2.35. The number of aromatic nitrogens is 1. The molecular formula is C16H16N4O3S. The van der Waals surface area contributed by atoms with Crippen LogP contribution in [0, 0.1) is 6.92 Å². The van der Waals surface area contributed by atoms with Gasteiger partial charge in [0.1, 0.15) is 0 Å². The van der Waals surface area contributed by atoms with Gasteiger partial charge in [0.15, 0.2) is 5.13 Å². The van der Waals surface area contributed by atoms with Gasteiger partial charge < -0.3 is 5.32 Å². The van der Waals surface area contributed by atoms with Crippen LogP contribution in [0.1, 0.15) is 32.8 Å². The maximum absolute atomic E-state index is 12.2. The molecule has 24 heavy (non-hydrogen) atoms. The van der Waals surface area contributed by atoms with E-state index in [2.05, 4.69) is 15.6 Å². The Morgan fingerprint density at radius 1 is 1.21 bits per heavy atom. The summed E-state index contributed by atoms with van der Waals surface area (Å²) >= 11 is 1.35. The molecule has 1 aliphatic rings. The number of benzene rings is 1. The van der Waals surface area contributed by atoms with Crippen molar-refractivity contribution in [2.45, 2.75) is 13.3 Å². The van der Waals surface area contributed by atoms with Gasteiger partial charge in [-0.3, -0.25) is 19.8 Å². The van der Waals surface area contributed by atoms with Crippen molar-refractivity contribution in [2.75, 3.05) is 18.4 Å². The Morgan fingerprint density at radius 3 is 2.46 bits per heavy atom. The number of imide groups is 1. The second kappa shape index (κ2) is 6.79. The number of nitrogens with zero attached hydrogens (tertiary/aromatic N) is 2. The average Bonchev–Trinajstić information content (AvgIpc) is 3.08. The summed E-state index contributed by atoms with van der Waals surface area (Å²) < 4.78 is 0. The van der Waals surface area contributed by atoms with E-state index in [1.165, 1.54) is 16.2 Å². The van der Waals surface area contributed by atoms with Crippen LogP contribution in [0.3, 0.4) is 0 Å². The fourth-order valence-electron chi connectivity index (χ4n) is 2.43. The number of hydrogen-bond donors (Lipinski definition) is 2. The van der Waals surface area contributed by atoms with Crippen molar-refractivity contribution in [1.29, 1.82) is 0 Å². The molecule has 3 rings (SSSR count). The predicted octanol–water partition coefficient (Wildman–Crippen LogP) is 2.26. The van der Waals surface area contributed by atoms with Gasteiger partial charge in [-0.25, -0.2) is 9.78 Å². The van der Waals surface area contributed by atoms with Crippen LogP contribution in [-0.2, 0) is 0 Å². The van der Waals surface area contributed by atoms with Gasteiger partial charge in [-0.1, -0.05) is 12.1 Å². The number of carbonyl (C=O) groups is 3. The molecule has 124 valence electrons. The van der Waals surface area contributed by atoms with E-state index in [-0.39, 0.29) is 24.4 Å². The van der Waals surface area contributed by atoms with E-state index in [0.717, 1.165) is 5.69 Å². The molecule has 2 N–H and O–H groups in total. The zero-order chi connectivity index (χ0) is 17.1. The summed E-state index contributed by atoms with van der Waals surface area (Å²) in [6.45, 7) is 2.47. The highest BCUT2D eigenvalue weighted by Gasteiger charge is 2.34. The van der Waals surface area contributed by atoms with E-state index in [0.29, 0.717) is 29.2 Å². The van der Waals surface area contributed by atoms with Gasteiger partial charge in [0, 0.05) is 18.5 Å². The van der Waals surface area contributed by atoms with Crippen LogP contribution in [0.25, 0.3) is 0 Å². The molecule has 0 saturated heterocycles. The number of urea groups is 1. The maximum atomic E-state index is 12.2. The van der Waals surface area contributed by atoms with E-state index in [9.17, 15) is 14.4 Å². The van der Waals surface area contributed by atoms with Crippen molar-refractivity contribution in [1.82, 2.24) is 15.2 Å². The molecule has 0 fully saturated rings. The maximum Gasteiger partial charge on any atom is 0.321 e. The topological polar surface area (TPSA) is 91.4 Å². The van der Waals surface area contributed by atoms with E-state index in [1.54, 1.807) is 24.3 Å². The summed E-state index contributed by atoms with van der Waals surface area (Å²) in [6.07, 6.45) is 0.482. The van der Waals surface area contributed by atoms with Crippen molar-refractivity contribution < 1.29 is 14.4 Å². The van der Waals surface area contributed by atoms with Crippen molar-refractivity contribution in [2.24, 2.45) is 0 Å². The van der Waals surface area contributed by atoms with Gasteiger partial charge in [-0.2, -0.15) is 0 Å². The third kappa shape index (κ3) is 3.28. The monoisotopic (exact) mass is 344 g/mol. The van der Waals surface area contributed by atoms with Gasteiger partial charge in [0.25, 0.3) is 11.8 Å². The Kier molecular flexibility index (Phi) is 4.57. The van der Waals surface area contributed by atoms with Crippen molar-refractivity contribution in [3.05, 3.63) is 46.5 Å². The first kappa shape index (κ1) is 16.1. The normalized spacial score (nSPS) is 13.1. The number of aryl methyl sites for hydroxylation is 1. The minimum atomic E-state index is -0.355. The summed E-state index contributed by atoms with van der Waals surface area (Å²) in [5.74, 6) is -0.559. The predicted molar refractivity (Wildman–Crippen MR) is 90.3 cm³/mol. The number of thiazole rings is 1. The lowest BCUT2D eigenvalue weighted by Gasteiger charge is -2.13. The SMILES string of the molecule is Cc1csc(NC(=O)NCCCN2C(=O)c3ccccc3C2=O)n1. The Balaban J connectivity index is 1.45. The molecule has 0 radical (unpaired) electrons. The van der Waals surface area contributed by atoms with E-state index in [4.69, 9.17) is 0 Å². The lowest BCUT2D eigenvalue weighted by atomic mass is 10.1. The highest BCUT2D eigenvalue weighted by atomic mass is 32.1. The van der Waals surface area contributed by atoms with Crippen molar-refractivity contribution in [3.63, 3.8) is 0 Å². The van der Waals surface area contributed by atoms with Crippen LogP contribution in [-0.4, -0.2) is 40.8 Å². The largest absolute Gasteiger partial charge is 0.338 e. The average molecular weight is 344 g/mol. The van der Waals surface area contributed by atoms with Crippen LogP contribution < -0.4 is 10.6 Å². The highest BCUT2D eigenvalue weighted by Crippen LogP contribution is 2.22. The molecule has 8 heteroatoms. The Hall–Kier alpha value is -2.74. The molecule has 1 aromatic heterocycles. The molecule has 0 bridgehead atoms. The molecule has 0 atom stereocenters. The number of fused-ring (bicyclic) bond motifs is 1. The number of anilines is 1. The number of rotatable bonds is 5. The summed E-state index contributed by atoms with van der Waals surface area (Å²) in [5.41, 5.74) is 1.72. The molecule has 0 saturated carbocycles. The Labute approximate surface area is 142 Å². The third-order valence-electron chi connectivity index (χ3n) is 3.56. The molecule has 0 spiro atoms. The Morgan fingerprint density at radius 2 is 1.88 bits per heavy atom. The number of hydrogen-bond acceptors (Lipinski definition) is 5. The zero-order valence-corrected chi connectivity index (χ0v) is 13.9. The molecule has 1 aromatic carbocycles. The van der Waals surface area contributed by atoms with Crippen LogP contribution >= 0.6 is 11.3 Å². The number of amides is 4. The second-order valence-electron chi connectivity index (χ2n) is 5.34. The standard InChI is InChI=1S/C16H16N4O3S/c1-10-9-24-16(18-10)19-15(23)17-7-4-8-20-13(21)11-5-2-3-6-12(11)14(20)22/h2-3,5-6,9H,4,7-8H2,1H3,(H2,17,18,19,23). The fourth-order valence-corrected chi connectivity index (χ4v) is 3.12. The molecular weight excluding hydrogens is 328 g/mol. The minimum absolute atomic E-state index is 0.267. The summed E-state index contributed by atoms with van der Waals surface area (Å²) in [6, 6.07) is 6.42. The first-order valence-electron chi connectivity index (χ1n) is 7.48. The second-order valence-corrected chi connectivity index (χ2v) is 6.19. The van der Waals surface area contributed by atoms with Crippen LogP contribution in [0.5, 0.6) is 0 Å². The van der Waals surface area contributed by atoms with Crippen molar-refractivity contribution >= 4 is 34.3 Å². The van der Waals surface area contributed by atoms with Gasteiger partial charge in [0.2, 0.25) is 0 Å². The summed E-state index contributed by atoms with van der Waals surface area (Å²) in [5, 5.41) is 7.69. The fraction of sp³-hybridized carbons (Fsp3) is 0.250. The first-order valence-corrected chi connectivity index (χ1v) is 8.36. The first-order chi connectivity index (χ1) is 11.6. The van der Waals surface area contributed by atoms with Gasteiger partial charge in [-0.15, -0.1) is 11.3 Å². The molecule has 7 nitrogen and oxygen atoms in total. The number of nitrogens with one attached hydrogen (secondary N) is 2.